The van der Waals surface area contributed by atoms with Crippen LogP contribution >= 0.6 is 22.9 Å². The highest BCUT2D eigenvalue weighted by atomic mass is 35.5. The average Bonchev–Trinajstić information content (AvgIpc) is 2.89. The lowest BCUT2D eigenvalue weighted by molar-refractivity contribution is -0.384. The van der Waals surface area contributed by atoms with Gasteiger partial charge < -0.3 is 5.32 Å². The fourth-order valence-electron chi connectivity index (χ4n) is 1.61. The van der Waals surface area contributed by atoms with Crippen molar-refractivity contribution < 1.29 is 4.92 Å². The first-order valence-corrected chi connectivity index (χ1v) is 6.99. The Morgan fingerprint density at radius 2 is 2.32 bits per heavy atom. The first kappa shape index (κ1) is 13.9. The number of aromatic nitrogens is 1. The van der Waals surface area contributed by atoms with Crippen LogP contribution in [0.2, 0.25) is 5.02 Å². The Balaban J connectivity index is 1.88. The molecule has 0 aliphatic rings. The highest BCUT2D eigenvalue weighted by Crippen LogP contribution is 2.21. The van der Waals surface area contributed by atoms with E-state index in [1.54, 1.807) is 22.9 Å². The Morgan fingerprint density at radius 1 is 1.47 bits per heavy atom. The number of rotatable bonds is 6. The third kappa shape index (κ3) is 3.99. The molecule has 0 saturated heterocycles. The van der Waals surface area contributed by atoms with E-state index in [0.29, 0.717) is 11.6 Å². The molecule has 0 spiro atoms. The first-order valence-electron chi connectivity index (χ1n) is 5.67. The van der Waals surface area contributed by atoms with Crippen molar-refractivity contribution in [3.05, 3.63) is 55.5 Å². The molecule has 1 heterocycles. The van der Waals surface area contributed by atoms with Crippen LogP contribution in [0.4, 0.5) is 5.69 Å². The van der Waals surface area contributed by atoms with Gasteiger partial charge in [0, 0.05) is 42.0 Å². The Bertz CT molecular complexity index is 560. The summed E-state index contributed by atoms with van der Waals surface area (Å²) in [7, 11) is 0. The normalized spacial score (nSPS) is 10.6. The van der Waals surface area contributed by atoms with E-state index in [0.717, 1.165) is 24.2 Å². The predicted octanol–water partition coefficient (Wildman–Crippen LogP) is 3.04. The minimum Gasteiger partial charge on any atom is -0.312 e. The molecule has 0 saturated carbocycles. The Morgan fingerprint density at radius 3 is 3.00 bits per heavy atom. The van der Waals surface area contributed by atoms with Crippen LogP contribution in [0.25, 0.3) is 0 Å². The summed E-state index contributed by atoms with van der Waals surface area (Å²) in [6, 6.07) is 4.45. The van der Waals surface area contributed by atoms with Gasteiger partial charge in [0.25, 0.3) is 5.69 Å². The standard InChI is InChI=1S/C12H12ClN3O2S/c13-12-2-1-11(16(17)18)5-9(12)6-14-4-3-10-7-19-8-15-10/h1-2,5,7-8,14H,3-4,6H2. The third-order valence-corrected chi connectivity index (χ3v) is 3.60. The summed E-state index contributed by atoms with van der Waals surface area (Å²) in [5, 5.41) is 16.4. The summed E-state index contributed by atoms with van der Waals surface area (Å²) >= 11 is 7.57. The number of nitro benzene ring substituents is 1. The summed E-state index contributed by atoms with van der Waals surface area (Å²) in [5.74, 6) is 0. The second-order valence-corrected chi connectivity index (χ2v) is 5.07. The fourth-order valence-corrected chi connectivity index (χ4v) is 2.39. The zero-order chi connectivity index (χ0) is 13.7. The van der Waals surface area contributed by atoms with Crippen LogP contribution in [0.15, 0.2) is 29.1 Å². The van der Waals surface area contributed by atoms with E-state index in [1.807, 2.05) is 5.38 Å². The molecule has 7 heteroatoms. The van der Waals surface area contributed by atoms with Crippen LogP contribution in [0.3, 0.4) is 0 Å². The van der Waals surface area contributed by atoms with Crippen molar-refractivity contribution in [3.63, 3.8) is 0 Å². The number of thiazole rings is 1. The molecule has 100 valence electrons. The van der Waals surface area contributed by atoms with Gasteiger partial charge in [-0.1, -0.05) is 11.6 Å². The molecular weight excluding hydrogens is 286 g/mol. The molecular formula is C12H12ClN3O2S. The van der Waals surface area contributed by atoms with Gasteiger partial charge in [0.1, 0.15) is 0 Å². The van der Waals surface area contributed by atoms with Crippen molar-refractivity contribution >= 4 is 28.6 Å². The van der Waals surface area contributed by atoms with Crippen LogP contribution in [-0.2, 0) is 13.0 Å². The van der Waals surface area contributed by atoms with Gasteiger partial charge in [-0.05, 0) is 11.6 Å². The number of hydrogen-bond donors (Lipinski definition) is 1. The lowest BCUT2D eigenvalue weighted by Crippen LogP contribution is -2.17. The van der Waals surface area contributed by atoms with Crippen molar-refractivity contribution in [1.82, 2.24) is 10.3 Å². The Labute approximate surface area is 119 Å². The van der Waals surface area contributed by atoms with Gasteiger partial charge in [-0.15, -0.1) is 11.3 Å². The molecule has 0 fully saturated rings. The highest BCUT2D eigenvalue weighted by molar-refractivity contribution is 7.07. The number of nitrogens with one attached hydrogen (secondary N) is 1. The Hall–Kier alpha value is -1.50. The maximum absolute atomic E-state index is 10.7. The largest absolute Gasteiger partial charge is 0.312 e. The van der Waals surface area contributed by atoms with Crippen LogP contribution in [0, 0.1) is 10.1 Å². The number of hydrogen-bond acceptors (Lipinski definition) is 5. The van der Waals surface area contributed by atoms with E-state index in [9.17, 15) is 10.1 Å². The molecule has 5 nitrogen and oxygen atoms in total. The molecule has 0 aliphatic heterocycles. The zero-order valence-electron chi connectivity index (χ0n) is 10.0. The van der Waals surface area contributed by atoms with Gasteiger partial charge in [-0.2, -0.15) is 0 Å². The van der Waals surface area contributed by atoms with Crippen LogP contribution in [-0.4, -0.2) is 16.5 Å². The monoisotopic (exact) mass is 297 g/mol. The lowest BCUT2D eigenvalue weighted by atomic mass is 10.2. The third-order valence-electron chi connectivity index (χ3n) is 2.60. The van der Waals surface area contributed by atoms with Crippen molar-refractivity contribution in [2.24, 2.45) is 0 Å². The Kier molecular flexibility index (Phi) is 4.84. The van der Waals surface area contributed by atoms with Gasteiger partial charge in [0.15, 0.2) is 0 Å². The molecule has 2 rings (SSSR count). The molecule has 0 bridgehead atoms. The predicted molar refractivity (Wildman–Crippen MR) is 75.6 cm³/mol. The van der Waals surface area contributed by atoms with E-state index in [1.165, 1.54) is 12.1 Å². The zero-order valence-corrected chi connectivity index (χ0v) is 11.6. The number of benzene rings is 1. The number of nitro groups is 1. The quantitative estimate of drug-likeness (QED) is 0.505. The van der Waals surface area contributed by atoms with Crippen molar-refractivity contribution in [1.29, 1.82) is 0 Å². The summed E-state index contributed by atoms with van der Waals surface area (Å²) in [6.45, 7) is 1.26. The molecule has 1 N–H and O–H groups in total. The van der Waals surface area contributed by atoms with Crippen LogP contribution < -0.4 is 5.32 Å². The second kappa shape index (κ2) is 6.60. The smallest absolute Gasteiger partial charge is 0.269 e. The minimum atomic E-state index is -0.422. The SMILES string of the molecule is O=[N+]([O-])c1ccc(Cl)c(CNCCc2cscn2)c1. The van der Waals surface area contributed by atoms with Gasteiger partial charge >= 0.3 is 0 Å². The van der Waals surface area contributed by atoms with Gasteiger partial charge in [0.2, 0.25) is 0 Å². The summed E-state index contributed by atoms with van der Waals surface area (Å²) in [5.41, 5.74) is 3.63. The topological polar surface area (TPSA) is 68.1 Å². The number of non-ortho nitro benzene ring substituents is 1. The van der Waals surface area contributed by atoms with E-state index in [2.05, 4.69) is 10.3 Å². The fraction of sp³-hybridized carbons (Fsp3) is 0.250. The van der Waals surface area contributed by atoms with Crippen molar-refractivity contribution in [3.8, 4) is 0 Å². The molecule has 0 unspecified atom stereocenters. The van der Waals surface area contributed by atoms with E-state index in [-0.39, 0.29) is 5.69 Å². The molecule has 2 aromatic rings. The molecule has 19 heavy (non-hydrogen) atoms. The summed E-state index contributed by atoms with van der Waals surface area (Å²) in [6.07, 6.45) is 0.829. The number of halogens is 1. The van der Waals surface area contributed by atoms with Crippen LogP contribution in [0.5, 0.6) is 0 Å². The molecule has 0 aliphatic carbocycles. The summed E-state index contributed by atoms with van der Waals surface area (Å²) in [4.78, 5) is 14.4. The van der Waals surface area contributed by atoms with Crippen molar-refractivity contribution in [2.45, 2.75) is 13.0 Å². The second-order valence-electron chi connectivity index (χ2n) is 3.94. The maximum Gasteiger partial charge on any atom is 0.269 e. The van der Waals surface area contributed by atoms with Gasteiger partial charge in [-0.25, -0.2) is 4.98 Å². The molecule has 1 aromatic carbocycles. The molecule has 0 atom stereocenters. The summed E-state index contributed by atoms with van der Waals surface area (Å²) < 4.78 is 0. The van der Waals surface area contributed by atoms with E-state index < -0.39 is 4.92 Å². The van der Waals surface area contributed by atoms with E-state index in [4.69, 9.17) is 11.6 Å². The van der Waals surface area contributed by atoms with Gasteiger partial charge in [-0.3, -0.25) is 10.1 Å². The first-order chi connectivity index (χ1) is 9.16. The average molecular weight is 298 g/mol. The number of nitrogens with zero attached hydrogens (tertiary/aromatic N) is 2. The highest BCUT2D eigenvalue weighted by Gasteiger charge is 2.09. The maximum atomic E-state index is 10.7. The van der Waals surface area contributed by atoms with Crippen molar-refractivity contribution in [2.75, 3.05) is 6.54 Å². The van der Waals surface area contributed by atoms with Crippen LogP contribution in [0.1, 0.15) is 11.3 Å². The molecule has 0 amide bonds. The van der Waals surface area contributed by atoms with Gasteiger partial charge in [0.05, 0.1) is 16.1 Å². The minimum absolute atomic E-state index is 0.0562. The lowest BCUT2D eigenvalue weighted by Gasteiger charge is -2.06. The van der Waals surface area contributed by atoms with E-state index >= 15 is 0 Å². The molecule has 1 aromatic heterocycles. The molecule has 0 radical (unpaired) electrons.